The number of aromatic nitrogens is 4. The van der Waals surface area contributed by atoms with Crippen LogP contribution in [0.25, 0.3) is 5.65 Å². The number of amides is 1. The molecule has 1 fully saturated rings. The van der Waals surface area contributed by atoms with Crippen molar-refractivity contribution in [1.82, 2.24) is 19.6 Å². The Labute approximate surface area is 140 Å². The maximum absolute atomic E-state index is 11.8. The van der Waals surface area contributed by atoms with E-state index in [2.05, 4.69) is 20.4 Å². The summed E-state index contributed by atoms with van der Waals surface area (Å²) in [6.07, 6.45) is 4.53. The van der Waals surface area contributed by atoms with E-state index in [-0.39, 0.29) is 29.3 Å². The van der Waals surface area contributed by atoms with Crippen molar-refractivity contribution in [3.8, 4) is 11.8 Å². The predicted molar refractivity (Wildman–Crippen MR) is 85.3 cm³/mol. The van der Waals surface area contributed by atoms with Gasteiger partial charge in [-0.05, 0) is 18.9 Å². The molecule has 10 heteroatoms. The molecule has 1 aliphatic rings. The number of hydrogen-bond donors (Lipinski definition) is 1. The lowest BCUT2D eigenvalue weighted by Gasteiger charge is -2.03. The first-order valence-electron chi connectivity index (χ1n) is 7.54. The molecule has 0 radical (unpaired) electrons. The van der Waals surface area contributed by atoms with E-state index in [1.165, 1.54) is 16.6 Å². The molecule has 3 aromatic heterocycles. The number of fused-ring (bicyclic) bond motifs is 1. The summed E-state index contributed by atoms with van der Waals surface area (Å²) in [6, 6.07) is 5.96. The molecule has 1 aliphatic carbocycles. The molecular weight excluding hydrogens is 328 g/mol. The minimum Gasteiger partial charge on any atom is -0.419 e. The Morgan fingerprint density at radius 2 is 2.08 bits per heavy atom. The molecule has 1 amide bonds. The number of pyridine rings is 1. The van der Waals surface area contributed by atoms with Gasteiger partial charge < -0.3 is 10.1 Å². The first-order valence-corrected chi connectivity index (χ1v) is 7.54. The first-order chi connectivity index (χ1) is 12.1. The number of rotatable bonds is 5. The molecule has 0 unspecified atom stereocenters. The zero-order valence-electron chi connectivity index (χ0n) is 12.8. The van der Waals surface area contributed by atoms with Crippen molar-refractivity contribution in [3.63, 3.8) is 0 Å². The SMILES string of the molecule is O=C(Nc1cn2nc(Oc3ccc([N+](=O)[O-])cn3)ccc2n1)C1CC1. The van der Waals surface area contributed by atoms with E-state index in [4.69, 9.17) is 4.74 Å². The zero-order valence-corrected chi connectivity index (χ0v) is 12.8. The van der Waals surface area contributed by atoms with Crippen LogP contribution in [-0.4, -0.2) is 30.4 Å². The average molecular weight is 340 g/mol. The van der Waals surface area contributed by atoms with Crippen molar-refractivity contribution in [2.45, 2.75) is 12.8 Å². The van der Waals surface area contributed by atoms with Crippen LogP contribution in [0.5, 0.6) is 11.8 Å². The number of carbonyl (C=O) groups excluding carboxylic acids is 1. The van der Waals surface area contributed by atoms with Crippen LogP contribution in [-0.2, 0) is 4.79 Å². The van der Waals surface area contributed by atoms with E-state index in [1.807, 2.05) is 0 Å². The van der Waals surface area contributed by atoms with Crippen LogP contribution in [0.4, 0.5) is 11.5 Å². The van der Waals surface area contributed by atoms with E-state index in [0.29, 0.717) is 11.5 Å². The van der Waals surface area contributed by atoms with Crippen molar-refractivity contribution >= 4 is 23.1 Å². The maximum atomic E-state index is 11.8. The van der Waals surface area contributed by atoms with Crippen molar-refractivity contribution < 1.29 is 14.5 Å². The Morgan fingerprint density at radius 1 is 1.28 bits per heavy atom. The minimum atomic E-state index is -0.538. The number of imidazole rings is 1. The molecular formula is C15H12N6O4. The molecule has 0 atom stereocenters. The second-order valence-electron chi connectivity index (χ2n) is 5.58. The van der Waals surface area contributed by atoms with Gasteiger partial charge in [-0.1, -0.05) is 0 Å². The van der Waals surface area contributed by atoms with Crippen molar-refractivity contribution in [1.29, 1.82) is 0 Å². The Bertz CT molecular complexity index is 964. The number of anilines is 1. The molecule has 126 valence electrons. The largest absolute Gasteiger partial charge is 0.419 e. The van der Waals surface area contributed by atoms with Gasteiger partial charge in [-0.25, -0.2) is 14.5 Å². The summed E-state index contributed by atoms with van der Waals surface area (Å²) in [7, 11) is 0. The summed E-state index contributed by atoms with van der Waals surface area (Å²) in [4.78, 5) is 30.0. The monoisotopic (exact) mass is 340 g/mol. The van der Waals surface area contributed by atoms with E-state index < -0.39 is 4.92 Å². The molecule has 0 aliphatic heterocycles. The summed E-state index contributed by atoms with van der Waals surface area (Å²) >= 11 is 0. The second-order valence-corrected chi connectivity index (χ2v) is 5.58. The molecule has 4 rings (SSSR count). The normalized spacial score (nSPS) is 13.6. The highest BCUT2D eigenvalue weighted by Crippen LogP contribution is 2.30. The lowest BCUT2D eigenvalue weighted by atomic mass is 10.4. The summed E-state index contributed by atoms with van der Waals surface area (Å²) < 4.78 is 6.95. The Morgan fingerprint density at radius 3 is 2.76 bits per heavy atom. The fraction of sp³-hybridized carbons (Fsp3) is 0.200. The molecule has 10 nitrogen and oxygen atoms in total. The third kappa shape index (κ3) is 3.22. The van der Waals surface area contributed by atoms with Crippen LogP contribution in [0.15, 0.2) is 36.7 Å². The molecule has 3 heterocycles. The van der Waals surface area contributed by atoms with Crippen molar-refractivity contribution in [3.05, 3.63) is 46.8 Å². The summed E-state index contributed by atoms with van der Waals surface area (Å²) in [5.74, 6) is 0.904. The highest BCUT2D eigenvalue weighted by molar-refractivity contribution is 5.93. The van der Waals surface area contributed by atoms with Gasteiger partial charge in [-0.2, -0.15) is 0 Å². The van der Waals surface area contributed by atoms with Crippen LogP contribution < -0.4 is 10.1 Å². The number of nitro groups is 1. The third-order valence-electron chi connectivity index (χ3n) is 3.64. The Hall–Kier alpha value is -3.56. The van der Waals surface area contributed by atoms with Gasteiger partial charge >= 0.3 is 0 Å². The van der Waals surface area contributed by atoms with Crippen LogP contribution in [0, 0.1) is 16.0 Å². The number of nitrogens with one attached hydrogen (secondary N) is 1. The summed E-state index contributed by atoms with van der Waals surface area (Å²) in [5.41, 5.74) is 0.427. The topological polar surface area (TPSA) is 125 Å². The molecule has 1 saturated carbocycles. The van der Waals surface area contributed by atoms with Gasteiger partial charge in [0.2, 0.25) is 17.7 Å². The summed E-state index contributed by atoms with van der Waals surface area (Å²) in [5, 5.41) is 17.6. The number of carbonyl (C=O) groups is 1. The predicted octanol–water partition coefficient (Wildman–Crippen LogP) is 2.17. The Balaban J connectivity index is 1.51. The van der Waals surface area contributed by atoms with Crippen LogP contribution in [0.1, 0.15) is 12.8 Å². The molecule has 1 N–H and O–H groups in total. The molecule has 0 bridgehead atoms. The fourth-order valence-electron chi connectivity index (χ4n) is 2.20. The van der Waals surface area contributed by atoms with E-state index in [0.717, 1.165) is 19.0 Å². The standard InChI is InChI=1S/C15H12N6O4/c22-15(9-1-2-9)18-11-8-20-12(17-11)4-6-14(19-20)25-13-5-3-10(7-16-13)21(23)24/h3-9H,1-2H2,(H,18,22). The molecule has 25 heavy (non-hydrogen) atoms. The highest BCUT2D eigenvalue weighted by atomic mass is 16.6. The number of nitrogens with zero attached hydrogens (tertiary/aromatic N) is 5. The number of hydrogen-bond acceptors (Lipinski definition) is 7. The van der Waals surface area contributed by atoms with Crippen LogP contribution in [0.2, 0.25) is 0 Å². The minimum absolute atomic E-state index is 0.0324. The smallest absolute Gasteiger partial charge is 0.287 e. The molecule has 0 spiro atoms. The van der Waals surface area contributed by atoms with Crippen molar-refractivity contribution in [2.24, 2.45) is 5.92 Å². The average Bonchev–Trinajstić information content (AvgIpc) is 3.36. The molecule has 0 saturated heterocycles. The third-order valence-corrected chi connectivity index (χ3v) is 3.64. The maximum Gasteiger partial charge on any atom is 0.287 e. The quantitative estimate of drug-likeness (QED) is 0.557. The van der Waals surface area contributed by atoms with Gasteiger partial charge in [0.15, 0.2) is 11.5 Å². The van der Waals surface area contributed by atoms with Gasteiger partial charge in [0.25, 0.3) is 5.69 Å². The van der Waals surface area contributed by atoms with Crippen molar-refractivity contribution in [2.75, 3.05) is 5.32 Å². The lowest BCUT2D eigenvalue weighted by Crippen LogP contribution is -2.13. The van der Waals surface area contributed by atoms with Gasteiger partial charge in [0.1, 0.15) is 6.20 Å². The van der Waals surface area contributed by atoms with Gasteiger partial charge in [0.05, 0.1) is 11.1 Å². The summed E-state index contributed by atoms with van der Waals surface area (Å²) in [6.45, 7) is 0. The molecule has 0 aromatic carbocycles. The Kier molecular flexibility index (Phi) is 3.49. The van der Waals surface area contributed by atoms with Gasteiger partial charge in [-0.15, -0.1) is 5.10 Å². The number of ether oxygens (including phenoxy) is 1. The van der Waals surface area contributed by atoms with Crippen LogP contribution in [0.3, 0.4) is 0 Å². The fourth-order valence-corrected chi connectivity index (χ4v) is 2.20. The highest BCUT2D eigenvalue weighted by Gasteiger charge is 2.30. The van der Waals surface area contributed by atoms with Gasteiger partial charge in [0, 0.05) is 24.1 Å². The van der Waals surface area contributed by atoms with E-state index in [1.54, 1.807) is 18.3 Å². The molecule has 3 aromatic rings. The van der Waals surface area contributed by atoms with Crippen LogP contribution >= 0.6 is 0 Å². The van der Waals surface area contributed by atoms with E-state index >= 15 is 0 Å². The lowest BCUT2D eigenvalue weighted by molar-refractivity contribution is -0.385. The second kappa shape index (κ2) is 5.82. The van der Waals surface area contributed by atoms with Gasteiger partial charge in [-0.3, -0.25) is 14.9 Å². The first kappa shape index (κ1) is 15.0. The van der Waals surface area contributed by atoms with E-state index in [9.17, 15) is 14.9 Å². The zero-order chi connectivity index (χ0) is 17.4.